The quantitative estimate of drug-likeness (QED) is 0.614. The van der Waals surface area contributed by atoms with Gasteiger partial charge in [0.25, 0.3) is 0 Å². The van der Waals surface area contributed by atoms with E-state index in [2.05, 4.69) is 58.0 Å². The predicted octanol–water partition coefficient (Wildman–Crippen LogP) is 4.15. The summed E-state index contributed by atoms with van der Waals surface area (Å²) in [7, 11) is 0. The van der Waals surface area contributed by atoms with Crippen LogP contribution in [-0.2, 0) is 12.8 Å². The SMILES string of the molecule is CCc1ccccc1Nc1nc2ccccc2n2c(CC)nnc12. The maximum Gasteiger partial charge on any atom is 0.204 e. The zero-order valence-electron chi connectivity index (χ0n) is 13.8. The molecule has 24 heavy (non-hydrogen) atoms. The van der Waals surface area contributed by atoms with E-state index in [4.69, 9.17) is 4.98 Å². The second-order valence-electron chi connectivity index (χ2n) is 5.71. The van der Waals surface area contributed by atoms with Gasteiger partial charge in [0.1, 0.15) is 5.82 Å². The van der Waals surface area contributed by atoms with Crippen LogP contribution in [0.1, 0.15) is 25.2 Å². The minimum atomic E-state index is 0.738. The van der Waals surface area contributed by atoms with Gasteiger partial charge >= 0.3 is 0 Å². The largest absolute Gasteiger partial charge is 0.337 e. The molecule has 4 rings (SSSR count). The molecule has 5 nitrogen and oxygen atoms in total. The van der Waals surface area contributed by atoms with E-state index in [9.17, 15) is 0 Å². The topological polar surface area (TPSA) is 55.1 Å². The zero-order valence-corrected chi connectivity index (χ0v) is 13.8. The number of hydrogen-bond donors (Lipinski definition) is 1. The van der Waals surface area contributed by atoms with Crippen molar-refractivity contribution in [2.45, 2.75) is 26.7 Å². The Hall–Kier alpha value is -2.95. The molecule has 0 aliphatic rings. The first kappa shape index (κ1) is 14.6. The van der Waals surface area contributed by atoms with Gasteiger partial charge in [0.15, 0.2) is 5.82 Å². The average Bonchev–Trinajstić information content (AvgIpc) is 3.07. The lowest BCUT2D eigenvalue weighted by Gasteiger charge is -2.12. The molecule has 0 spiro atoms. The van der Waals surface area contributed by atoms with Crippen LogP contribution in [0.4, 0.5) is 11.5 Å². The summed E-state index contributed by atoms with van der Waals surface area (Å²) in [5.74, 6) is 1.68. The zero-order chi connectivity index (χ0) is 16.5. The number of aryl methyl sites for hydroxylation is 2. The Kier molecular flexibility index (Phi) is 3.61. The summed E-state index contributed by atoms with van der Waals surface area (Å²) in [6.07, 6.45) is 1.78. The summed E-state index contributed by atoms with van der Waals surface area (Å²) >= 11 is 0. The van der Waals surface area contributed by atoms with Crippen LogP contribution in [0.25, 0.3) is 16.7 Å². The maximum absolute atomic E-state index is 4.79. The summed E-state index contributed by atoms with van der Waals surface area (Å²) in [5.41, 5.74) is 5.03. The van der Waals surface area contributed by atoms with Gasteiger partial charge in [0.05, 0.1) is 11.0 Å². The van der Waals surface area contributed by atoms with E-state index in [0.29, 0.717) is 0 Å². The van der Waals surface area contributed by atoms with E-state index in [1.54, 1.807) is 0 Å². The van der Waals surface area contributed by atoms with Gasteiger partial charge in [-0.25, -0.2) is 4.98 Å². The first-order valence-corrected chi connectivity index (χ1v) is 8.29. The van der Waals surface area contributed by atoms with Crippen LogP contribution in [0.3, 0.4) is 0 Å². The van der Waals surface area contributed by atoms with E-state index in [1.807, 2.05) is 24.3 Å². The van der Waals surface area contributed by atoms with Gasteiger partial charge in [-0.15, -0.1) is 10.2 Å². The van der Waals surface area contributed by atoms with Crippen LogP contribution in [0.2, 0.25) is 0 Å². The minimum absolute atomic E-state index is 0.738. The monoisotopic (exact) mass is 317 g/mol. The van der Waals surface area contributed by atoms with Gasteiger partial charge in [-0.2, -0.15) is 0 Å². The van der Waals surface area contributed by atoms with Crippen molar-refractivity contribution in [3.8, 4) is 0 Å². The number of nitrogens with zero attached hydrogens (tertiary/aromatic N) is 4. The number of benzene rings is 2. The van der Waals surface area contributed by atoms with E-state index in [-0.39, 0.29) is 0 Å². The lowest BCUT2D eigenvalue weighted by molar-refractivity contribution is 0.922. The molecule has 2 aromatic carbocycles. The molecule has 2 heterocycles. The molecule has 0 unspecified atom stereocenters. The van der Waals surface area contributed by atoms with Gasteiger partial charge < -0.3 is 5.32 Å². The van der Waals surface area contributed by atoms with Crippen molar-refractivity contribution < 1.29 is 0 Å². The lowest BCUT2D eigenvalue weighted by atomic mass is 10.1. The van der Waals surface area contributed by atoms with Crippen molar-refractivity contribution in [1.29, 1.82) is 0 Å². The van der Waals surface area contributed by atoms with Gasteiger partial charge in [-0.1, -0.05) is 44.2 Å². The number of aromatic nitrogens is 4. The minimum Gasteiger partial charge on any atom is -0.337 e. The number of rotatable bonds is 4. The van der Waals surface area contributed by atoms with E-state index >= 15 is 0 Å². The molecule has 0 radical (unpaired) electrons. The molecular weight excluding hydrogens is 298 g/mol. The second-order valence-corrected chi connectivity index (χ2v) is 5.71. The fourth-order valence-corrected chi connectivity index (χ4v) is 3.03. The molecular formula is C19H19N5. The standard InChI is InChI=1S/C19H19N5/c1-3-13-9-5-6-10-14(13)20-18-19-23-22-17(4-2)24(19)16-12-8-7-11-15(16)21-18/h5-12H,3-4H2,1-2H3,(H,20,21). The third kappa shape index (κ3) is 2.29. The van der Waals surface area contributed by atoms with Gasteiger partial charge in [-0.3, -0.25) is 4.40 Å². The fourth-order valence-electron chi connectivity index (χ4n) is 3.03. The van der Waals surface area contributed by atoms with E-state index in [0.717, 1.165) is 46.9 Å². The van der Waals surface area contributed by atoms with Crippen LogP contribution in [0, 0.1) is 0 Å². The van der Waals surface area contributed by atoms with Crippen molar-refractivity contribution in [3.63, 3.8) is 0 Å². The first-order valence-electron chi connectivity index (χ1n) is 8.29. The Balaban J connectivity index is 1.96. The van der Waals surface area contributed by atoms with Gasteiger partial charge in [0, 0.05) is 12.1 Å². The van der Waals surface area contributed by atoms with Crippen molar-refractivity contribution in [3.05, 3.63) is 59.9 Å². The number of nitrogens with one attached hydrogen (secondary N) is 1. The van der Waals surface area contributed by atoms with Crippen LogP contribution < -0.4 is 5.32 Å². The number of fused-ring (bicyclic) bond motifs is 3. The summed E-state index contributed by atoms with van der Waals surface area (Å²) in [6, 6.07) is 16.4. The van der Waals surface area contributed by atoms with Crippen LogP contribution in [-0.4, -0.2) is 19.6 Å². The molecule has 0 atom stereocenters. The molecule has 0 aliphatic heterocycles. The van der Waals surface area contributed by atoms with Crippen LogP contribution in [0.5, 0.6) is 0 Å². The summed E-state index contributed by atoms with van der Waals surface area (Å²) < 4.78 is 2.10. The van der Waals surface area contributed by atoms with Crippen molar-refractivity contribution >= 4 is 28.2 Å². The fraction of sp³-hybridized carbons (Fsp3) is 0.211. The van der Waals surface area contributed by atoms with E-state index < -0.39 is 0 Å². The molecule has 0 fully saturated rings. The Morgan fingerprint density at radius 1 is 0.917 bits per heavy atom. The maximum atomic E-state index is 4.79. The molecule has 0 bridgehead atoms. The predicted molar refractivity (Wildman–Crippen MR) is 96.8 cm³/mol. The normalized spacial score (nSPS) is 11.2. The summed E-state index contributed by atoms with van der Waals surface area (Å²) in [4.78, 5) is 4.79. The highest BCUT2D eigenvalue weighted by molar-refractivity contribution is 5.84. The van der Waals surface area contributed by atoms with Crippen molar-refractivity contribution in [2.24, 2.45) is 0 Å². The van der Waals surface area contributed by atoms with E-state index in [1.165, 1.54) is 5.56 Å². The van der Waals surface area contributed by atoms with Crippen LogP contribution >= 0.6 is 0 Å². The van der Waals surface area contributed by atoms with Crippen LogP contribution in [0.15, 0.2) is 48.5 Å². The molecule has 4 aromatic rings. The summed E-state index contributed by atoms with van der Waals surface area (Å²) in [6.45, 7) is 4.24. The molecule has 120 valence electrons. The smallest absolute Gasteiger partial charge is 0.204 e. The Bertz CT molecular complexity index is 1020. The molecule has 0 amide bonds. The Morgan fingerprint density at radius 3 is 2.54 bits per heavy atom. The van der Waals surface area contributed by atoms with Crippen molar-refractivity contribution in [2.75, 3.05) is 5.32 Å². The lowest BCUT2D eigenvalue weighted by Crippen LogP contribution is -2.03. The third-order valence-corrected chi connectivity index (χ3v) is 4.26. The molecule has 0 saturated carbocycles. The molecule has 5 heteroatoms. The number of para-hydroxylation sites is 3. The second kappa shape index (κ2) is 5.92. The first-order chi connectivity index (χ1) is 11.8. The highest BCUT2D eigenvalue weighted by atomic mass is 15.3. The number of hydrogen-bond acceptors (Lipinski definition) is 4. The third-order valence-electron chi connectivity index (χ3n) is 4.26. The van der Waals surface area contributed by atoms with Gasteiger partial charge in [-0.05, 0) is 30.2 Å². The van der Waals surface area contributed by atoms with Gasteiger partial charge in [0.2, 0.25) is 5.65 Å². The Morgan fingerprint density at radius 2 is 1.71 bits per heavy atom. The molecule has 0 aliphatic carbocycles. The highest BCUT2D eigenvalue weighted by Gasteiger charge is 2.14. The Labute approximate surface area is 140 Å². The van der Waals surface area contributed by atoms with Crippen molar-refractivity contribution in [1.82, 2.24) is 19.6 Å². The molecule has 0 saturated heterocycles. The molecule has 1 N–H and O–H groups in total. The number of anilines is 2. The highest BCUT2D eigenvalue weighted by Crippen LogP contribution is 2.26. The molecule has 2 aromatic heterocycles. The average molecular weight is 317 g/mol. The summed E-state index contributed by atoms with van der Waals surface area (Å²) in [5, 5.41) is 12.2.